The van der Waals surface area contributed by atoms with Crippen molar-refractivity contribution in [3.05, 3.63) is 65.0 Å². The lowest BCUT2D eigenvalue weighted by molar-refractivity contribution is 0.226. The molecule has 5 nitrogen and oxygen atoms in total. The summed E-state index contributed by atoms with van der Waals surface area (Å²) in [4.78, 5) is 11.8. The van der Waals surface area contributed by atoms with Crippen LogP contribution in [0.4, 0.5) is 5.95 Å². The van der Waals surface area contributed by atoms with Crippen molar-refractivity contribution in [2.75, 3.05) is 38.5 Å². The Morgan fingerprint density at radius 1 is 1.32 bits per heavy atom. The first-order valence-electron chi connectivity index (χ1n) is 11.5. The third-order valence-electron chi connectivity index (χ3n) is 6.65. The molecule has 164 valence electrons. The van der Waals surface area contributed by atoms with Crippen molar-refractivity contribution in [1.82, 2.24) is 20.2 Å². The van der Waals surface area contributed by atoms with Crippen molar-refractivity contribution < 1.29 is 0 Å². The Labute approximate surface area is 186 Å². The average Bonchev–Trinajstić information content (AvgIpc) is 2.96. The van der Waals surface area contributed by atoms with Crippen LogP contribution in [0.1, 0.15) is 54.1 Å². The molecule has 0 amide bonds. The summed E-state index contributed by atoms with van der Waals surface area (Å²) in [6.45, 7) is 12.7. The Kier molecular flexibility index (Phi) is 6.71. The number of hydrogen-bond acceptors (Lipinski definition) is 5. The van der Waals surface area contributed by atoms with E-state index in [9.17, 15) is 0 Å². The summed E-state index contributed by atoms with van der Waals surface area (Å²) in [7, 11) is 2.20. The van der Waals surface area contributed by atoms with Gasteiger partial charge < -0.3 is 15.5 Å². The monoisotopic (exact) mass is 417 g/mol. The molecular formula is C26H35N5. The molecular weight excluding hydrogens is 382 g/mol. The van der Waals surface area contributed by atoms with E-state index in [1.54, 1.807) is 0 Å². The van der Waals surface area contributed by atoms with E-state index in [2.05, 4.69) is 72.3 Å². The lowest BCUT2D eigenvalue weighted by Crippen LogP contribution is -2.33. The molecule has 4 rings (SSSR count). The van der Waals surface area contributed by atoms with Crippen LogP contribution in [0.5, 0.6) is 0 Å². The maximum absolute atomic E-state index is 4.78. The number of likely N-dealkylation sites (tertiary alicyclic amines) is 1. The summed E-state index contributed by atoms with van der Waals surface area (Å²) in [5, 5.41) is 6.88. The van der Waals surface area contributed by atoms with Crippen molar-refractivity contribution in [2.24, 2.45) is 5.92 Å². The fraction of sp³-hybridized carbons (Fsp3) is 0.462. The van der Waals surface area contributed by atoms with Crippen LogP contribution in [0.3, 0.4) is 0 Å². The van der Waals surface area contributed by atoms with Crippen LogP contribution < -0.4 is 10.6 Å². The molecule has 1 fully saturated rings. The van der Waals surface area contributed by atoms with Crippen molar-refractivity contribution >= 4 is 17.2 Å². The van der Waals surface area contributed by atoms with E-state index in [1.165, 1.54) is 48.2 Å². The van der Waals surface area contributed by atoms with Gasteiger partial charge in [-0.2, -0.15) is 0 Å². The molecule has 0 radical (unpaired) electrons. The number of benzene rings is 1. The zero-order chi connectivity index (χ0) is 21.8. The molecule has 1 aromatic carbocycles. The predicted octanol–water partition coefficient (Wildman–Crippen LogP) is 4.50. The molecule has 2 N–H and O–H groups in total. The zero-order valence-electron chi connectivity index (χ0n) is 19.2. The van der Waals surface area contributed by atoms with Crippen LogP contribution in [0, 0.1) is 12.8 Å². The smallest absolute Gasteiger partial charge is 0.222 e. The van der Waals surface area contributed by atoms with Crippen molar-refractivity contribution in [2.45, 2.75) is 39.5 Å². The van der Waals surface area contributed by atoms with Crippen LogP contribution >= 0.6 is 0 Å². The second-order valence-electron chi connectivity index (χ2n) is 8.90. The Bertz CT molecular complexity index is 970. The van der Waals surface area contributed by atoms with Crippen molar-refractivity contribution in [1.29, 1.82) is 0 Å². The summed E-state index contributed by atoms with van der Waals surface area (Å²) in [5.41, 5.74) is 8.13. The van der Waals surface area contributed by atoms with E-state index < -0.39 is 0 Å². The Balaban J connectivity index is 1.50. The molecule has 0 spiro atoms. The van der Waals surface area contributed by atoms with Gasteiger partial charge in [-0.1, -0.05) is 30.9 Å². The van der Waals surface area contributed by atoms with Crippen LogP contribution in [0.2, 0.25) is 0 Å². The van der Waals surface area contributed by atoms with Gasteiger partial charge in [0.1, 0.15) is 0 Å². The van der Waals surface area contributed by atoms with E-state index >= 15 is 0 Å². The first-order valence-corrected chi connectivity index (χ1v) is 11.5. The zero-order valence-corrected chi connectivity index (χ0v) is 19.2. The minimum Gasteiger partial charge on any atom is -0.385 e. The van der Waals surface area contributed by atoms with Gasteiger partial charge in [-0.3, -0.25) is 0 Å². The van der Waals surface area contributed by atoms with Gasteiger partial charge in [0, 0.05) is 36.1 Å². The van der Waals surface area contributed by atoms with Crippen LogP contribution in [0.15, 0.2) is 37.1 Å². The number of hydrogen-bond donors (Lipinski definition) is 2. The number of piperidine rings is 1. The lowest BCUT2D eigenvalue weighted by atomic mass is 9.92. The molecule has 3 heterocycles. The summed E-state index contributed by atoms with van der Waals surface area (Å²) >= 11 is 0. The molecule has 1 saturated heterocycles. The number of allylic oxidation sites excluding steroid dienone is 1. The van der Waals surface area contributed by atoms with Gasteiger partial charge in [-0.15, -0.1) is 0 Å². The molecule has 31 heavy (non-hydrogen) atoms. The fourth-order valence-electron chi connectivity index (χ4n) is 4.67. The molecule has 0 saturated carbocycles. The Hall–Kier alpha value is -2.66. The first kappa shape index (κ1) is 21.6. The van der Waals surface area contributed by atoms with Gasteiger partial charge in [0.2, 0.25) is 5.95 Å². The van der Waals surface area contributed by atoms with E-state index in [1.807, 2.05) is 6.20 Å². The normalized spacial score (nSPS) is 18.3. The molecule has 0 unspecified atom stereocenters. The van der Waals surface area contributed by atoms with E-state index in [0.29, 0.717) is 5.92 Å². The standard InChI is InChI=1S/C26H35N5/c1-5-23(22-8-9-24-18(2)27-12-6-7-21(24)15-22)25-17-29-26(30-19(25)3)28-16-20-10-13-31(4)14-11-20/h5,8-9,15,17,20,27H,2,6-7,10-14,16H2,1,3-4H3,(H,28,29,30)/b23-5-. The highest BCUT2D eigenvalue weighted by atomic mass is 15.1. The molecule has 0 aliphatic carbocycles. The molecule has 0 bridgehead atoms. The van der Waals surface area contributed by atoms with Crippen molar-refractivity contribution in [3.8, 4) is 0 Å². The van der Waals surface area contributed by atoms with E-state index in [-0.39, 0.29) is 0 Å². The summed E-state index contributed by atoms with van der Waals surface area (Å²) in [6.07, 6.45) is 8.82. The van der Waals surface area contributed by atoms with Crippen LogP contribution in [-0.4, -0.2) is 48.1 Å². The molecule has 2 aromatic rings. The first-order chi connectivity index (χ1) is 15.0. The van der Waals surface area contributed by atoms with Crippen molar-refractivity contribution in [3.63, 3.8) is 0 Å². The van der Waals surface area contributed by atoms with Gasteiger partial charge in [-0.25, -0.2) is 9.97 Å². The summed E-state index contributed by atoms with van der Waals surface area (Å²) < 4.78 is 0. The number of aromatic nitrogens is 2. The van der Waals surface area contributed by atoms with Gasteiger partial charge >= 0.3 is 0 Å². The molecule has 2 aliphatic heterocycles. The minimum absolute atomic E-state index is 0.703. The predicted molar refractivity (Wildman–Crippen MR) is 130 cm³/mol. The number of fused-ring (bicyclic) bond motifs is 1. The molecule has 1 aromatic heterocycles. The third-order valence-corrected chi connectivity index (χ3v) is 6.65. The highest BCUT2D eigenvalue weighted by Gasteiger charge is 2.18. The van der Waals surface area contributed by atoms with Crippen LogP contribution in [-0.2, 0) is 6.42 Å². The summed E-state index contributed by atoms with van der Waals surface area (Å²) in [5.74, 6) is 1.44. The molecule has 5 heteroatoms. The van der Waals surface area contributed by atoms with Gasteiger partial charge in [-0.05, 0) is 82.3 Å². The van der Waals surface area contributed by atoms with Crippen LogP contribution in [0.25, 0.3) is 11.3 Å². The van der Waals surface area contributed by atoms with E-state index in [0.717, 1.165) is 48.8 Å². The third kappa shape index (κ3) is 4.99. The number of nitrogens with one attached hydrogen (secondary N) is 2. The molecule has 2 aliphatic rings. The fourth-order valence-corrected chi connectivity index (χ4v) is 4.67. The van der Waals surface area contributed by atoms with Gasteiger partial charge in [0.05, 0.1) is 5.69 Å². The molecule has 0 atom stereocenters. The maximum Gasteiger partial charge on any atom is 0.222 e. The van der Waals surface area contributed by atoms with Gasteiger partial charge in [0.25, 0.3) is 0 Å². The highest BCUT2D eigenvalue weighted by Crippen LogP contribution is 2.30. The topological polar surface area (TPSA) is 53.1 Å². The lowest BCUT2D eigenvalue weighted by Gasteiger charge is -2.28. The highest BCUT2D eigenvalue weighted by molar-refractivity contribution is 5.82. The second kappa shape index (κ2) is 9.65. The maximum atomic E-state index is 4.78. The van der Waals surface area contributed by atoms with E-state index in [4.69, 9.17) is 4.98 Å². The largest absolute Gasteiger partial charge is 0.385 e. The number of nitrogens with zero attached hydrogens (tertiary/aromatic N) is 3. The Morgan fingerprint density at radius 3 is 2.87 bits per heavy atom. The number of anilines is 1. The number of rotatable bonds is 5. The SMILES string of the molecule is C=C1NCCCc2cc(/C(=C/C)c3cnc(NCC4CCN(C)CC4)nc3C)ccc21. The number of aryl methyl sites for hydroxylation is 2. The minimum atomic E-state index is 0.703. The average molecular weight is 418 g/mol. The Morgan fingerprint density at radius 2 is 2.13 bits per heavy atom. The quantitative estimate of drug-likeness (QED) is 0.750. The summed E-state index contributed by atoms with van der Waals surface area (Å²) in [6, 6.07) is 6.70. The second-order valence-corrected chi connectivity index (χ2v) is 8.90. The van der Waals surface area contributed by atoms with Gasteiger partial charge in [0.15, 0.2) is 0 Å².